The summed E-state index contributed by atoms with van der Waals surface area (Å²) in [5.74, 6) is -0.365. The molecule has 0 spiro atoms. The molecule has 0 radical (unpaired) electrons. The summed E-state index contributed by atoms with van der Waals surface area (Å²) >= 11 is 3.42. The van der Waals surface area contributed by atoms with Crippen molar-refractivity contribution in [3.63, 3.8) is 0 Å². The molecule has 3 rings (SSSR count). The molecule has 0 aromatic heterocycles. The number of likely N-dealkylation sites (N-methyl/N-ethyl adjacent to an activating group) is 1. The van der Waals surface area contributed by atoms with Gasteiger partial charge in [-0.25, -0.2) is 0 Å². The number of carbonyl (C=O) groups is 1. The quantitative estimate of drug-likeness (QED) is 0.195. The van der Waals surface area contributed by atoms with Crippen LogP contribution in [-0.2, 0) is 15.3 Å². The van der Waals surface area contributed by atoms with Gasteiger partial charge in [0.15, 0.2) is 5.78 Å². The molecule has 1 fully saturated rings. The molecule has 7 heteroatoms. The van der Waals surface area contributed by atoms with E-state index in [4.69, 9.17) is 9.47 Å². The predicted octanol–water partition coefficient (Wildman–Crippen LogP) is 7.34. The van der Waals surface area contributed by atoms with Crippen molar-refractivity contribution in [1.82, 2.24) is 10.2 Å². The lowest BCUT2D eigenvalue weighted by Crippen LogP contribution is -2.50. The lowest BCUT2D eigenvalue weighted by atomic mass is 9.91. The number of hydrogen-bond acceptors (Lipinski definition) is 7. The Morgan fingerprint density at radius 3 is 1.63 bits per heavy atom. The summed E-state index contributed by atoms with van der Waals surface area (Å²) in [5, 5.41) is 3.03. The summed E-state index contributed by atoms with van der Waals surface area (Å²) < 4.78 is 11.2. The zero-order chi connectivity index (χ0) is 29.3. The van der Waals surface area contributed by atoms with Crippen LogP contribution in [0.3, 0.4) is 0 Å². The van der Waals surface area contributed by atoms with Gasteiger partial charge in [-0.3, -0.25) is 9.69 Å². The third kappa shape index (κ3) is 8.83. The number of benzene rings is 2. The van der Waals surface area contributed by atoms with Crippen molar-refractivity contribution in [2.24, 2.45) is 0 Å². The highest BCUT2D eigenvalue weighted by Gasteiger charge is 2.66. The maximum Gasteiger partial charge on any atom is 0.225 e. The van der Waals surface area contributed by atoms with E-state index in [0.29, 0.717) is 12.1 Å². The topological polar surface area (TPSA) is 54.1 Å². The van der Waals surface area contributed by atoms with Crippen molar-refractivity contribution in [2.45, 2.75) is 94.2 Å². The first-order chi connectivity index (χ1) is 17.6. The second kappa shape index (κ2) is 14.9. The first-order valence-corrected chi connectivity index (χ1v) is 15.6. The third-order valence-corrected chi connectivity index (χ3v) is 8.54. The molecule has 0 bridgehead atoms. The number of carbonyl (C=O) groups excluding carboxylic acids is 1. The van der Waals surface area contributed by atoms with E-state index in [2.05, 4.69) is 68.4 Å². The average molecular weight is 563 g/mol. The second-order valence-electron chi connectivity index (χ2n) is 10.9. The van der Waals surface area contributed by atoms with Gasteiger partial charge in [-0.2, -0.15) is 0 Å². The first kappa shape index (κ1) is 34.7. The zero-order valence-corrected chi connectivity index (χ0v) is 27.4. The molecular formula is C31H50N2O3S2. The van der Waals surface area contributed by atoms with E-state index >= 15 is 0 Å². The van der Waals surface area contributed by atoms with Gasteiger partial charge >= 0.3 is 0 Å². The molecule has 0 saturated carbocycles. The molecule has 1 aliphatic rings. The monoisotopic (exact) mass is 562 g/mol. The molecule has 0 aliphatic carbocycles. The minimum absolute atomic E-state index is 0.173. The highest BCUT2D eigenvalue weighted by atomic mass is 32.2. The Morgan fingerprint density at radius 2 is 1.34 bits per heavy atom. The standard InChI is InChI=1S/C15H23NOS.C12H16O2S.C4H11N/c1-11(2)16(5)15(3,4)14(17)12-7-9-13(18-6)10-8-12;1-11(2)12(13-3,14-11)9-5-7-10(15-4)8-6-9;1-4(2)5-3/h7-11H,1-6H3;5-8H,1-4H3;4-5H,1-3H3. The minimum Gasteiger partial charge on any atom is -0.347 e. The number of nitrogens with zero attached hydrogens (tertiary/aromatic N) is 1. The fourth-order valence-electron chi connectivity index (χ4n) is 3.86. The Morgan fingerprint density at radius 1 is 0.947 bits per heavy atom. The molecule has 2 aromatic rings. The third-order valence-electron chi connectivity index (χ3n) is 7.05. The van der Waals surface area contributed by atoms with Crippen LogP contribution < -0.4 is 5.32 Å². The Bertz CT molecular complexity index is 989. The van der Waals surface area contributed by atoms with Crippen LogP contribution >= 0.6 is 23.5 Å². The predicted molar refractivity (Wildman–Crippen MR) is 166 cm³/mol. The van der Waals surface area contributed by atoms with Crippen molar-refractivity contribution in [3.05, 3.63) is 59.7 Å². The number of ketones is 1. The number of Topliss-reactive ketones (excluding diaryl/α,β-unsaturated/α-hetero) is 1. The van der Waals surface area contributed by atoms with Gasteiger partial charge in [-0.15, -0.1) is 23.5 Å². The molecule has 5 nitrogen and oxygen atoms in total. The second-order valence-corrected chi connectivity index (χ2v) is 12.7. The SMILES string of the molecule is CNC(C)C.COC1(c2ccc(SC)cc2)OC1(C)C.CSc1ccc(C(=O)C(C)(C)N(C)C(C)C)cc1. The van der Waals surface area contributed by atoms with Gasteiger partial charge in [0.2, 0.25) is 5.79 Å². The highest BCUT2D eigenvalue weighted by Crippen LogP contribution is 2.55. The molecule has 214 valence electrons. The van der Waals surface area contributed by atoms with Gasteiger partial charge < -0.3 is 14.8 Å². The van der Waals surface area contributed by atoms with Gasteiger partial charge in [0.25, 0.3) is 0 Å². The lowest BCUT2D eigenvalue weighted by Gasteiger charge is -2.37. The van der Waals surface area contributed by atoms with Crippen molar-refractivity contribution in [2.75, 3.05) is 33.7 Å². The summed E-state index contributed by atoms with van der Waals surface area (Å²) in [5.41, 5.74) is 1.18. The Hall–Kier alpha value is -1.35. The van der Waals surface area contributed by atoms with Crippen LogP contribution in [0.5, 0.6) is 0 Å². The van der Waals surface area contributed by atoms with E-state index in [0.717, 1.165) is 11.1 Å². The van der Waals surface area contributed by atoms with E-state index in [-0.39, 0.29) is 11.4 Å². The molecular weight excluding hydrogens is 512 g/mol. The molecule has 1 atom stereocenters. The molecule has 1 saturated heterocycles. The number of nitrogens with one attached hydrogen (secondary N) is 1. The van der Waals surface area contributed by atoms with Gasteiger partial charge in [-0.1, -0.05) is 38.1 Å². The number of hydrogen-bond donors (Lipinski definition) is 1. The molecule has 1 unspecified atom stereocenters. The summed E-state index contributed by atoms with van der Waals surface area (Å²) in [7, 11) is 5.64. The van der Waals surface area contributed by atoms with Crippen LogP contribution in [-0.4, -0.2) is 67.6 Å². The fourth-order valence-corrected chi connectivity index (χ4v) is 4.67. The van der Waals surface area contributed by atoms with E-state index in [1.165, 1.54) is 9.79 Å². The normalized spacial score (nSPS) is 18.0. The largest absolute Gasteiger partial charge is 0.347 e. The van der Waals surface area contributed by atoms with Crippen molar-refractivity contribution in [3.8, 4) is 0 Å². The van der Waals surface area contributed by atoms with Crippen molar-refractivity contribution >= 4 is 29.3 Å². The van der Waals surface area contributed by atoms with Crippen LogP contribution in [0.4, 0.5) is 0 Å². The van der Waals surface area contributed by atoms with Crippen LogP contribution in [0.1, 0.15) is 71.3 Å². The molecule has 2 aromatic carbocycles. The van der Waals surface area contributed by atoms with E-state index in [1.807, 2.05) is 72.3 Å². The maximum absolute atomic E-state index is 12.6. The number of thioether (sulfide) groups is 2. The van der Waals surface area contributed by atoms with Crippen LogP contribution in [0.25, 0.3) is 0 Å². The van der Waals surface area contributed by atoms with Gasteiger partial charge in [0.05, 0.1) is 5.54 Å². The van der Waals surface area contributed by atoms with Crippen LogP contribution in [0.15, 0.2) is 58.3 Å². The van der Waals surface area contributed by atoms with E-state index < -0.39 is 11.3 Å². The molecule has 1 aliphatic heterocycles. The molecule has 38 heavy (non-hydrogen) atoms. The summed E-state index contributed by atoms with van der Waals surface area (Å²) in [6.07, 6.45) is 4.10. The summed E-state index contributed by atoms with van der Waals surface area (Å²) in [6.45, 7) is 16.5. The summed E-state index contributed by atoms with van der Waals surface area (Å²) in [4.78, 5) is 17.1. The van der Waals surface area contributed by atoms with Crippen molar-refractivity contribution < 1.29 is 14.3 Å². The van der Waals surface area contributed by atoms with E-state index in [9.17, 15) is 4.79 Å². The van der Waals surface area contributed by atoms with Crippen molar-refractivity contribution in [1.29, 1.82) is 0 Å². The van der Waals surface area contributed by atoms with Gasteiger partial charge in [0, 0.05) is 40.1 Å². The lowest BCUT2D eigenvalue weighted by molar-refractivity contribution is -0.0148. The number of methoxy groups -OCH3 is 1. The number of epoxide rings is 1. The zero-order valence-electron chi connectivity index (χ0n) is 25.8. The first-order valence-electron chi connectivity index (χ1n) is 13.1. The number of ether oxygens (including phenoxy) is 2. The molecule has 1 N–H and O–H groups in total. The van der Waals surface area contributed by atoms with Crippen LogP contribution in [0, 0.1) is 0 Å². The number of rotatable bonds is 9. The summed E-state index contributed by atoms with van der Waals surface area (Å²) in [6, 6.07) is 17.2. The average Bonchev–Trinajstić information content (AvgIpc) is 3.50. The molecule has 0 amide bonds. The Labute approximate surface area is 240 Å². The fraction of sp³-hybridized carbons (Fsp3) is 0.581. The highest BCUT2D eigenvalue weighted by molar-refractivity contribution is 7.98. The van der Waals surface area contributed by atoms with E-state index in [1.54, 1.807) is 30.6 Å². The Balaban J connectivity index is 0.000000326. The smallest absolute Gasteiger partial charge is 0.225 e. The van der Waals surface area contributed by atoms with Gasteiger partial charge in [0.1, 0.15) is 5.60 Å². The van der Waals surface area contributed by atoms with Crippen LogP contribution in [0.2, 0.25) is 0 Å². The molecule has 1 heterocycles. The minimum atomic E-state index is -0.538. The Kier molecular flexibility index (Phi) is 13.6. The maximum atomic E-state index is 12.6. The van der Waals surface area contributed by atoms with Gasteiger partial charge in [-0.05, 0) is 92.4 Å².